The van der Waals surface area contributed by atoms with Crippen molar-refractivity contribution >= 4 is 11.8 Å². The Labute approximate surface area is 109 Å². The van der Waals surface area contributed by atoms with Gasteiger partial charge in [0.25, 0.3) is 0 Å². The molecule has 0 aliphatic carbocycles. The second kappa shape index (κ2) is 5.61. The molecular formula is C11H16N6O2. The van der Waals surface area contributed by atoms with E-state index in [0.717, 1.165) is 6.42 Å². The standard InChI is InChI=1S/C11H16N6O2/c1-3-8(12)9-5-17(16-14-9)6-10(18)13-11-4-7(2)15-19-11/h4-5,8H,3,6,12H2,1-2H3,(H,13,18). The maximum absolute atomic E-state index is 11.7. The topological polar surface area (TPSA) is 112 Å². The van der Waals surface area contributed by atoms with E-state index >= 15 is 0 Å². The number of nitrogens with one attached hydrogen (secondary N) is 1. The van der Waals surface area contributed by atoms with Crippen molar-refractivity contribution in [2.45, 2.75) is 32.9 Å². The van der Waals surface area contributed by atoms with Crippen molar-refractivity contribution in [3.63, 3.8) is 0 Å². The smallest absolute Gasteiger partial charge is 0.248 e. The molecule has 0 bridgehead atoms. The fourth-order valence-electron chi connectivity index (χ4n) is 1.52. The first-order valence-corrected chi connectivity index (χ1v) is 5.97. The van der Waals surface area contributed by atoms with Gasteiger partial charge < -0.3 is 10.3 Å². The normalized spacial score (nSPS) is 12.4. The Morgan fingerprint density at radius 1 is 1.63 bits per heavy atom. The van der Waals surface area contributed by atoms with Crippen LogP contribution in [0.3, 0.4) is 0 Å². The number of hydrogen-bond donors (Lipinski definition) is 2. The number of aromatic nitrogens is 4. The third kappa shape index (κ3) is 3.38. The molecule has 2 aromatic rings. The molecule has 0 fully saturated rings. The van der Waals surface area contributed by atoms with Crippen LogP contribution in [0.2, 0.25) is 0 Å². The van der Waals surface area contributed by atoms with Crippen LogP contribution >= 0.6 is 0 Å². The average molecular weight is 264 g/mol. The van der Waals surface area contributed by atoms with E-state index in [9.17, 15) is 4.79 Å². The van der Waals surface area contributed by atoms with E-state index in [1.54, 1.807) is 19.2 Å². The summed E-state index contributed by atoms with van der Waals surface area (Å²) < 4.78 is 6.32. The van der Waals surface area contributed by atoms with E-state index in [1.165, 1.54) is 4.68 Å². The van der Waals surface area contributed by atoms with E-state index in [4.69, 9.17) is 10.3 Å². The predicted octanol–water partition coefficient (Wildman–Crippen LogP) is 0.623. The van der Waals surface area contributed by atoms with Gasteiger partial charge in [-0.15, -0.1) is 5.10 Å². The fourth-order valence-corrected chi connectivity index (χ4v) is 1.52. The SMILES string of the molecule is CCC(N)c1cn(CC(=O)Nc2cc(C)no2)nn1. The molecule has 0 aliphatic heterocycles. The van der Waals surface area contributed by atoms with Gasteiger partial charge in [-0.05, 0) is 13.3 Å². The molecule has 1 atom stereocenters. The van der Waals surface area contributed by atoms with Gasteiger partial charge in [-0.25, -0.2) is 4.68 Å². The number of amides is 1. The highest BCUT2D eigenvalue weighted by Gasteiger charge is 2.11. The minimum absolute atomic E-state index is 0.0448. The summed E-state index contributed by atoms with van der Waals surface area (Å²) in [5.41, 5.74) is 7.20. The molecule has 8 heteroatoms. The van der Waals surface area contributed by atoms with Gasteiger partial charge in [-0.3, -0.25) is 10.1 Å². The molecule has 0 saturated heterocycles. The van der Waals surface area contributed by atoms with Crippen molar-refractivity contribution in [2.75, 3.05) is 5.32 Å². The molecule has 1 unspecified atom stereocenters. The first-order chi connectivity index (χ1) is 9.08. The Kier molecular flexibility index (Phi) is 3.91. The van der Waals surface area contributed by atoms with Crippen LogP contribution in [-0.2, 0) is 11.3 Å². The molecule has 0 aliphatic rings. The van der Waals surface area contributed by atoms with Crippen LogP contribution in [0.4, 0.5) is 5.88 Å². The van der Waals surface area contributed by atoms with Crippen molar-refractivity contribution in [1.82, 2.24) is 20.2 Å². The number of aryl methyl sites for hydroxylation is 1. The van der Waals surface area contributed by atoms with Crippen LogP contribution in [0.1, 0.15) is 30.8 Å². The molecule has 1 amide bonds. The van der Waals surface area contributed by atoms with Crippen LogP contribution in [0, 0.1) is 6.92 Å². The van der Waals surface area contributed by atoms with Crippen molar-refractivity contribution in [3.05, 3.63) is 23.7 Å². The van der Waals surface area contributed by atoms with Gasteiger partial charge in [0.1, 0.15) is 6.54 Å². The summed E-state index contributed by atoms with van der Waals surface area (Å²) in [5.74, 6) is 0.0470. The monoisotopic (exact) mass is 264 g/mol. The minimum atomic E-state index is -0.266. The largest absolute Gasteiger partial charge is 0.338 e. The lowest BCUT2D eigenvalue weighted by molar-refractivity contribution is -0.117. The summed E-state index contributed by atoms with van der Waals surface area (Å²) in [6, 6.07) is 1.48. The molecule has 102 valence electrons. The van der Waals surface area contributed by atoms with E-state index in [2.05, 4.69) is 20.8 Å². The van der Waals surface area contributed by atoms with Gasteiger partial charge in [0.05, 0.1) is 23.6 Å². The van der Waals surface area contributed by atoms with E-state index in [1.807, 2.05) is 6.92 Å². The van der Waals surface area contributed by atoms with Gasteiger partial charge in [0.2, 0.25) is 11.8 Å². The zero-order chi connectivity index (χ0) is 13.8. The molecule has 0 aromatic carbocycles. The van der Waals surface area contributed by atoms with Gasteiger partial charge in [0, 0.05) is 6.07 Å². The first-order valence-electron chi connectivity index (χ1n) is 5.97. The Morgan fingerprint density at radius 3 is 3.05 bits per heavy atom. The van der Waals surface area contributed by atoms with Crippen LogP contribution in [-0.4, -0.2) is 26.1 Å². The Balaban J connectivity index is 1.93. The summed E-state index contributed by atoms with van der Waals surface area (Å²) in [7, 11) is 0. The van der Waals surface area contributed by atoms with Crippen LogP contribution in [0.5, 0.6) is 0 Å². The number of anilines is 1. The molecule has 19 heavy (non-hydrogen) atoms. The molecular weight excluding hydrogens is 248 g/mol. The first kappa shape index (κ1) is 13.2. The second-order valence-corrected chi connectivity index (χ2v) is 4.24. The molecule has 3 N–H and O–H groups in total. The zero-order valence-electron chi connectivity index (χ0n) is 10.8. The molecule has 0 saturated carbocycles. The van der Waals surface area contributed by atoms with Crippen LogP contribution in [0.25, 0.3) is 0 Å². The third-order valence-corrected chi connectivity index (χ3v) is 2.57. The lowest BCUT2D eigenvalue weighted by Crippen LogP contribution is -2.18. The highest BCUT2D eigenvalue weighted by molar-refractivity contribution is 5.89. The van der Waals surface area contributed by atoms with E-state index < -0.39 is 0 Å². The van der Waals surface area contributed by atoms with Gasteiger partial charge in [-0.1, -0.05) is 17.3 Å². The summed E-state index contributed by atoms with van der Waals surface area (Å²) in [6.07, 6.45) is 2.43. The number of carbonyl (C=O) groups is 1. The zero-order valence-corrected chi connectivity index (χ0v) is 10.8. The van der Waals surface area contributed by atoms with Crippen LogP contribution in [0.15, 0.2) is 16.8 Å². The number of hydrogen-bond acceptors (Lipinski definition) is 6. The van der Waals surface area contributed by atoms with Gasteiger partial charge in [-0.2, -0.15) is 0 Å². The summed E-state index contributed by atoms with van der Waals surface area (Å²) >= 11 is 0. The van der Waals surface area contributed by atoms with Crippen LogP contribution < -0.4 is 11.1 Å². The maximum Gasteiger partial charge on any atom is 0.248 e. The highest BCUT2D eigenvalue weighted by Crippen LogP contribution is 2.10. The Bertz CT molecular complexity index is 561. The van der Waals surface area contributed by atoms with Gasteiger partial charge >= 0.3 is 0 Å². The molecule has 2 rings (SSSR count). The quantitative estimate of drug-likeness (QED) is 0.818. The lowest BCUT2D eigenvalue weighted by Gasteiger charge is -2.02. The Morgan fingerprint density at radius 2 is 2.42 bits per heavy atom. The number of carbonyl (C=O) groups excluding carboxylic acids is 1. The van der Waals surface area contributed by atoms with Crippen molar-refractivity contribution in [1.29, 1.82) is 0 Å². The molecule has 0 radical (unpaired) electrons. The van der Waals surface area contributed by atoms with Crippen molar-refractivity contribution < 1.29 is 9.32 Å². The average Bonchev–Trinajstić information content (AvgIpc) is 2.98. The summed E-state index contributed by atoms with van der Waals surface area (Å²) in [5, 5.41) is 14.0. The fraction of sp³-hybridized carbons (Fsp3) is 0.455. The minimum Gasteiger partial charge on any atom is -0.338 e. The number of nitrogens with zero attached hydrogens (tertiary/aromatic N) is 4. The predicted molar refractivity (Wildman–Crippen MR) is 67.1 cm³/mol. The van der Waals surface area contributed by atoms with Crippen molar-refractivity contribution in [3.8, 4) is 0 Å². The van der Waals surface area contributed by atoms with Gasteiger partial charge in [0.15, 0.2) is 0 Å². The number of nitrogens with two attached hydrogens (primary N) is 1. The third-order valence-electron chi connectivity index (χ3n) is 2.57. The summed E-state index contributed by atoms with van der Waals surface area (Å²) in [6.45, 7) is 3.78. The molecule has 8 nitrogen and oxygen atoms in total. The number of rotatable bonds is 5. The Hall–Kier alpha value is -2.22. The highest BCUT2D eigenvalue weighted by atomic mass is 16.5. The molecule has 2 aromatic heterocycles. The molecule has 2 heterocycles. The lowest BCUT2D eigenvalue weighted by atomic mass is 10.2. The van der Waals surface area contributed by atoms with E-state index in [0.29, 0.717) is 17.3 Å². The second-order valence-electron chi connectivity index (χ2n) is 4.24. The summed E-state index contributed by atoms with van der Waals surface area (Å²) in [4.78, 5) is 11.7. The maximum atomic E-state index is 11.7. The van der Waals surface area contributed by atoms with Crippen molar-refractivity contribution in [2.24, 2.45) is 5.73 Å². The van der Waals surface area contributed by atoms with E-state index in [-0.39, 0.29) is 18.5 Å². The molecule has 0 spiro atoms.